The van der Waals surface area contributed by atoms with Crippen molar-refractivity contribution in [1.82, 2.24) is 35.7 Å². The molecule has 5 rings (SSSR count). The highest BCUT2D eigenvalue weighted by atomic mass is 19.4. The number of rotatable bonds is 8. The fourth-order valence-electron chi connectivity index (χ4n) is 4.71. The number of aromatic amines is 1. The number of H-pyrrole nitrogens is 1. The van der Waals surface area contributed by atoms with Gasteiger partial charge < -0.3 is 10.1 Å². The van der Waals surface area contributed by atoms with Gasteiger partial charge in [-0.25, -0.2) is 5.10 Å². The van der Waals surface area contributed by atoms with Gasteiger partial charge in [-0.3, -0.25) is 9.48 Å². The van der Waals surface area contributed by atoms with Crippen LogP contribution in [0, 0.1) is 0 Å². The standard InChI is InChI=1S/C24H23F6N7O2/c25-23(26,27)9-2-10-39-17-7-5-15(6-8-17)22(24(28,29)30)11-18(14-12-31-37(13-14)16-3-1-4-16)19(21(38)32-22)20-33-35-36-34-20/h5-8,12-13,16H,1-4,9-11H2,(H,32,38)(H,33,34,35,36). The summed E-state index contributed by atoms with van der Waals surface area (Å²) in [5.74, 6) is -1.01. The van der Waals surface area contributed by atoms with Crippen LogP contribution in [0.15, 0.2) is 36.7 Å². The molecule has 3 aromatic rings. The zero-order valence-corrected chi connectivity index (χ0v) is 20.3. The summed E-state index contributed by atoms with van der Waals surface area (Å²) in [6, 6.07) is 4.89. The molecule has 1 aliphatic heterocycles. The maximum absolute atomic E-state index is 14.8. The molecule has 1 aliphatic carbocycles. The lowest BCUT2D eigenvalue weighted by atomic mass is 9.77. The Labute approximate surface area is 217 Å². The van der Waals surface area contributed by atoms with E-state index in [4.69, 9.17) is 4.74 Å². The molecule has 1 saturated carbocycles. The number of aromatic nitrogens is 6. The quantitative estimate of drug-likeness (QED) is 0.307. The van der Waals surface area contributed by atoms with Gasteiger partial charge in [-0.15, -0.1) is 5.10 Å². The van der Waals surface area contributed by atoms with Gasteiger partial charge in [0.2, 0.25) is 0 Å². The molecule has 1 atom stereocenters. The van der Waals surface area contributed by atoms with Crippen molar-refractivity contribution in [1.29, 1.82) is 0 Å². The maximum atomic E-state index is 14.8. The van der Waals surface area contributed by atoms with Crippen LogP contribution in [0.2, 0.25) is 0 Å². The summed E-state index contributed by atoms with van der Waals surface area (Å²) in [5, 5.41) is 19.6. The fraction of sp³-hybridized carbons (Fsp3) is 0.458. The predicted molar refractivity (Wildman–Crippen MR) is 124 cm³/mol. The molecule has 0 bridgehead atoms. The van der Waals surface area contributed by atoms with Crippen molar-refractivity contribution < 1.29 is 35.9 Å². The molecule has 1 fully saturated rings. The number of hydrogen-bond acceptors (Lipinski definition) is 6. The molecule has 9 nitrogen and oxygen atoms in total. The van der Waals surface area contributed by atoms with E-state index in [-0.39, 0.29) is 47.4 Å². The number of nitrogens with zero attached hydrogens (tertiary/aromatic N) is 5. The second-order valence-electron chi connectivity index (χ2n) is 9.52. The Morgan fingerprint density at radius 2 is 1.85 bits per heavy atom. The highest BCUT2D eigenvalue weighted by Crippen LogP contribution is 2.50. The van der Waals surface area contributed by atoms with Crippen molar-refractivity contribution in [2.45, 2.75) is 62.5 Å². The SMILES string of the molecule is O=C1NC(c2ccc(OCCCC(F)(F)F)cc2)(C(F)(F)F)CC(c2cnn(C3CCC3)c2)=C1c1nnn[nH]1. The van der Waals surface area contributed by atoms with Gasteiger partial charge in [0.1, 0.15) is 5.75 Å². The van der Waals surface area contributed by atoms with Crippen molar-refractivity contribution in [3.05, 3.63) is 53.6 Å². The Bertz CT molecular complexity index is 1340. The zero-order valence-electron chi connectivity index (χ0n) is 20.3. The van der Waals surface area contributed by atoms with Gasteiger partial charge in [-0.1, -0.05) is 12.1 Å². The molecule has 0 radical (unpaired) electrons. The number of hydrogen-bond donors (Lipinski definition) is 2. The van der Waals surface area contributed by atoms with Crippen molar-refractivity contribution in [2.75, 3.05) is 6.61 Å². The Morgan fingerprint density at radius 1 is 1.10 bits per heavy atom. The van der Waals surface area contributed by atoms with E-state index in [1.54, 1.807) is 10.9 Å². The number of halogens is 6. The third kappa shape index (κ3) is 5.34. The van der Waals surface area contributed by atoms with Crippen LogP contribution in [-0.4, -0.2) is 55.3 Å². The summed E-state index contributed by atoms with van der Waals surface area (Å²) >= 11 is 0. The van der Waals surface area contributed by atoms with E-state index in [2.05, 4.69) is 31.0 Å². The second kappa shape index (κ2) is 10.0. The molecule has 39 heavy (non-hydrogen) atoms. The second-order valence-corrected chi connectivity index (χ2v) is 9.52. The predicted octanol–water partition coefficient (Wildman–Crippen LogP) is 4.73. The van der Waals surface area contributed by atoms with Crippen LogP contribution < -0.4 is 10.1 Å². The monoisotopic (exact) mass is 555 g/mol. The zero-order chi connectivity index (χ0) is 27.8. The molecule has 2 aromatic heterocycles. The van der Waals surface area contributed by atoms with Crippen LogP contribution in [0.3, 0.4) is 0 Å². The molecular weight excluding hydrogens is 532 g/mol. The van der Waals surface area contributed by atoms with Crippen molar-refractivity contribution >= 4 is 17.1 Å². The van der Waals surface area contributed by atoms with E-state index < -0.39 is 36.6 Å². The maximum Gasteiger partial charge on any atom is 0.416 e. The summed E-state index contributed by atoms with van der Waals surface area (Å²) < 4.78 is 88.5. The van der Waals surface area contributed by atoms with E-state index in [1.807, 2.05) is 0 Å². The third-order valence-electron chi connectivity index (χ3n) is 6.98. The van der Waals surface area contributed by atoms with Crippen molar-refractivity contribution in [3.8, 4) is 5.75 Å². The number of alkyl halides is 6. The number of benzene rings is 1. The first kappa shape index (κ1) is 26.7. The summed E-state index contributed by atoms with van der Waals surface area (Å²) in [7, 11) is 0. The van der Waals surface area contributed by atoms with Gasteiger partial charge >= 0.3 is 12.4 Å². The number of amides is 1. The minimum absolute atomic E-state index is 0.0627. The average molecular weight is 555 g/mol. The van der Waals surface area contributed by atoms with E-state index >= 15 is 0 Å². The Hall–Kier alpha value is -3.91. The van der Waals surface area contributed by atoms with Gasteiger partial charge in [0, 0.05) is 24.6 Å². The molecule has 208 valence electrons. The van der Waals surface area contributed by atoms with Crippen LogP contribution in [0.4, 0.5) is 26.3 Å². The molecular formula is C24H23F6N7O2. The van der Waals surface area contributed by atoms with Gasteiger partial charge in [-0.2, -0.15) is 31.4 Å². The van der Waals surface area contributed by atoms with E-state index in [0.29, 0.717) is 5.56 Å². The first-order chi connectivity index (χ1) is 18.5. The number of tetrazole rings is 1. The van der Waals surface area contributed by atoms with Crippen LogP contribution >= 0.6 is 0 Å². The number of ether oxygens (including phenoxy) is 1. The largest absolute Gasteiger partial charge is 0.494 e. The molecule has 2 aliphatic rings. The van der Waals surface area contributed by atoms with E-state index in [1.165, 1.54) is 18.3 Å². The molecule has 1 amide bonds. The lowest BCUT2D eigenvalue weighted by Gasteiger charge is -2.41. The first-order valence-electron chi connectivity index (χ1n) is 12.2. The Morgan fingerprint density at radius 3 is 2.44 bits per heavy atom. The molecule has 0 spiro atoms. The number of nitrogens with one attached hydrogen (secondary N) is 2. The molecule has 1 unspecified atom stereocenters. The smallest absolute Gasteiger partial charge is 0.416 e. The van der Waals surface area contributed by atoms with E-state index in [0.717, 1.165) is 31.4 Å². The molecule has 0 saturated heterocycles. The van der Waals surface area contributed by atoms with Crippen molar-refractivity contribution in [2.24, 2.45) is 0 Å². The van der Waals surface area contributed by atoms with Gasteiger partial charge in [0.15, 0.2) is 11.4 Å². The normalized spacial score (nSPS) is 20.6. The van der Waals surface area contributed by atoms with Crippen LogP contribution in [-0.2, 0) is 10.3 Å². The summed E-state index contributed by atoms with van der Waals surface area (Å²) in [4.78, 5) is 13.3. The van der Waals surface area contributed by atoms with Gasteiger partial charge in [-0.05, 0) is 59.4 Å². The van der Waals surface area contributed by atoms with Crippen LogP contribution in [0.25, 0.3) is 11.1 Å². The van der Waals surface area contributed by atoms with Crippen LogP contribution in [0.1, 0.15) is 61.5 Å². The van der Waals surface area contributed by atoms with Crippen molar-refractivity contribution in [3.63, 3.8) is 0 Å². The molecule has 15 heteroatoms. The van der Waals surface area contributed by atoms with E-state index in [9.17, 15) is 31.1 Å². The molecule has 2 N–H and O–H groups in total. The Kier molecular flexibility index (Phi) is 6.84. The van der Waals surface area contributed by atoms with Gasteiger partial charge in [0.05, 0.1) is 24.4 Å². The lowest BCUT2D eigenvalue weighted by molar-refractivity contribution is -0.201. The topological polar surface area (TPSA) is 111 Å². The lowest BCUT2D eigenvalue weighted by Crippen LogP contribution is -2.58. The average Bonchev–Trinajstić information content (AvgIpc) is 3.52. The molecule has 1 aromatic carbocycles. The third-order valence-corrected chi connectivity index (χ3v) is 6.98. The molecule has 3 heterocycles. The number of carbonyl (C=O) groups is 1. The number of carbonyl (C=O) groups excluding carboxylic acids is 1. The first-order valence-corrected chi connectivity index (χ1v) is 12.2. The summed E-state index contributed by atoms with van der Waals surface area (Å²) in [6.45, 7) is -0.257. The minimum Gasteiger partial charge on any atom is -0.494 e. The summed E-state index contributed by atoms with van der Waals surface area (Å²) in [6.07, 6.45) is -5.40. The highest BCUT2D eigenvalue weighted by Gasteiger charge is 2.60. The van der Waals surface area contributed by atoms with Gasteiger partial charge in [0.25, 0.3) is 5.91 Å². The Balaban J connectivity index is 1.49. The highest BCUT2D eigenvalue weighted by molar-refractivity contribution is 6.27. The minimum atomic E-state index is -4.93. The van der Waals surface area contributed by atoms with Crippen LogP contribution in [0.5, 0.6) is 5.75 Å². The summed E-state index contributed by atoms with van der Waals surface area (Å²) in [5.41, 5.74) is -2.82. The fourth-order valence-corrected chi connectivity index (χ4v) is 4.71.